The Balaban J connectivity index is 0. The van der Waals surface area contributed by atoms with Gasteiger partial charge in [-0.15, -0.1) is 0 Å². The lowest BCUT2D eigenvalue weighted by Crippen LogP contribution is -2.27. The van der Waals surface area contributed by atoms with Gasteiger partial charge < -0.3 is 10.1 Å². The zero-order valence-corrected chi connectivity index (χ0v) is 14.4. The van der Waals surface area contributed by atoms with Crippen molar-refractivity contribution in [2.45, 2.75) is 86.2 Å². The molecule has 2 heterocycles. The molecule has 2 nitrogen and oxygen atoms in total. The first kappa shape index (κ1) is 21.2. The van der Waals surface area contributed by atoms with Gasteiger partial charge in [0.25, 0.3) is 0 Å². The highest BCUT2D eigenvalue weighted by molar-refractivity contribution is 4.63. The molecule has 0 aromatic heterocycles. The first-order valence-corrected chi connectivity index (χ1v) is 8.61. The molecule has 2 heteroatoms. The summed E-state index contributed by atoms with van der Waals surface area (Å²) >= 11 is 0. The third-order valence-electron chi connectivity index (χ3n) is 3.20. The number of rotatable bonds is 0. The van der Waals surface area contributed by atoms with Gasteiger partial charge in [-0.2, -0.15) is 0 Å². The van der Waals surface area contributed by atoms with Crippen molar-refractivity contribution in [1.82, 2.24) is 5.32 Å². The van der Waals surface area contributed by atoms with Crippen LogP contribution in [0, 0.1) is 5.92 Å². The summed E-state index contributed by atoms with van der Waals surface area (Å²) in [5.41, 5.74) is 0. The predicted octanol–water partition coefficient (Wildman–Crippen LogP) is 5.02. The van der Waals surface area contributed by atoms with E-state index in [4.69, 9.17) is 4.74 Å². The molecular formula is C17H39NO. The Bertz CT molecular complexity index is 136. The van der Waals surface area contributed by atoms with Gasteiger partial charge in [0, 0.05) is 6.61 Å². The zero-order valence-electron chi connectivity index (χ0n) is 14.4. The quantitative estimate of drug-likeness (QED) is 0.669. The maximum atomic E-state index is 5.40. The van der Waals surface area contributed by atoms with Crippen LogP contribution in [0.15, 0.2) is 0 Å². The minimum Gasteiger partial charge on any atom is -0.379 e. The Labute approximate surface area is 122 Å². The lowest BCUT2D eigenvalue weighted by molar-refractivity contribution is 0.0722. The Morgan fingerprint density at radius 2 is 1.53 bits per heavy atom. The summed E-state index contributed by atoms with van der Waals surface area (Å²) in [6, 6.07) is 0. The summed E-state index contributed by atoms with van der Waals surface area (Å²) in [6.45, 7) is 15.9. The molecule has 118 valence electrons. The molecule has 0 aliphatic carbocycles. The largest absolute Gasteiger partial charge is 0.379 e. The molecule has 0 radical (unpaired) electrons. The van der Waals surface area contributed by atoms with Crippen LogP contribution in [0.4, 0.5) is 0 Å². The van der Waals surface area contributed by atoms with Crippen molar-refractivity contribution in [2.75, 3.05) is 19.7 Å². The monoisotopic (exact) mass is 273 g/mol. The molecule has 19 heavy (non-hydrogen) atoms. The van der Waals surface area contributed by atoms with Crippen LogP contribution in [-0.4, -0.2) is 25.8 Å². The molecule has 2 atom stereocenters. The van der Waals surface area contributed by atoms with E-state index >= 15 is 0 Å². The first-order valence-electron chi connectivity index (χ1n) is 8.61. The van der Waals surface area contributed by atoms with Gasteiger partial charge in [0.1, 0.15) is 0 Å². The maximum Gasteiger partial charge on any atom is 0.0547 e. The van der Waals surface area contributed by atoms with Gasteiger partial charge in [-0.05, 0) is 51.6 Å². The van der Waals surface area contributed by atoms with E-state index in [1.807, 2.05) is 27.7 Å². The van der Waals surface area contributed by atoms with E-state index in [0.29, 0.717) is 6.10 Å². The van der Waals surface area contributed by atoms with Crippen molar-refractivity contribution in [2.24, 2.45) is 5.92 Å². The molecule has 0 aromatic carbocycles. The minimum absolute atomic E-state index is 0.525. The molecule has 2 saturated heterocycles. The molecule has 0 aromatic rings. The first-order chi connectivity index (χ1) is 9.29. The molecule has 0 bridgehead atoms. The van der Waals surface area contributed by atoms with E-state index < -0.39 is 0 Å². The van der Waals surface area contributed by atoms with Gasteiger partial charge >= 0.3 is 0 Å². The van der Waals surface area contributed by atoms with E-state index in [-0.39, 0.29) is 0 Å². The molecule has 2 aliphatic heterocycles. The van der Waals surface area contributed by atoms with Gasteiger partial charge in [-0.25, -0.2) is 0 Å². The van der Waals surface area contributed by atoms with Crippen molar-refractivity contribution < 1.29 is 4.74 Å². The summed E-state index contributed by atoms with van der Waals surface area (Å²) in [4.78, 5) is 0. The molecule has 0 amide bonds. The highest BCUT2D eigenvalue weighted by Gasteiger charge is 2.05. The molecular weight excluding hydrogens is 234 g/mol. The Hall–Kier alpha value is -0.0800. The summed E-state index contributed by atoms with van der Waals surface area (Å²) in [7, 11) is 0. The fraction of sp³-hybridized carbons (Fsp3) is 1.00. The number of hydrogen-bond acceptors (Lipinski definition) is 2. The zero-order chi connectivity index (χ0) is 14.9. The Morgan fingerprint density at radius 3 is 2.00 bits per heavy atom. The summed E-state index contributed by atoms with van der Waals surface area (Å²) < 4.78 is 5.40. The Morgan fingerprint density at radius 1 is 0.842 bits per heavy atom. The normalized spacial score (nSPS) is 26.2. The lowest BCUT2D eigenvalue weighted by Gasteiger charge is -2.17. The molecule has 2 rings (SSSR count). The molecule has 0 saturated carbocycles. The number of hydrogen-bond donors (Lipinski definition) is 1. The van der Waals surface area contributed by atoms with Crippen LogP contribution < -0.4 is 5.32 Å². The van der Waals surface area contributed by atoms with Gasteiger partial charge in [0.05, 0.1) is 6.10 Å². The van der Waals surface area contributed by atoms with Crippen molar-refractivity contribution in [3.63, 3.8) is 0 Å². The summed E-state index contributed by atoms with van der Waals surface area (Å²) in [6.07, 6.45) is 8.59. The smallest absolute Gasteiger partial charge is 0.0547 e. The van der Waals surface area contributed by atoms with Crippen molar-refractivity contribution in [3.8, 4) is 0 Å². The predicted molar refractivity (Wildman–Crippen MR) is 87.8 cm³/mol. The highest BCUT2D eigenvalue weighted by atomic mass is 16.5. The van der Waals surface area contributed by atoms with Crippen LogP contribution in [0.1, 0.15) is 80.1 Å². The van der Waals surface area contributed by atoms with E-state index in [1.54, 1.807) is 0 Å². The average Bonchev–Trinajstić information content (AvgIpc) is 2.72. The maximum absolute atomic E-state index is 5.40. The van der Waals surface area contributed by atoms with E-state index in [2.05, 4.69) is 19.2 Å². The summed E-state index contributed by atoms with van der Waals surface area (Å²) in [5, 5.41) is 3.33. The minimum atomic E-state index is 0.525. The highest BCUT2D eigenvalue weighted by Crippen LogP contribution is 2.11. The van der Waals surface area contributed by atoms with Crippen LogP contribution in [-0.2, 0) is 4.74 Å². The molecule has 1 N–H and O–H groups in total. The van der Waals surface area contributed by atoms with Gasteiger partial charge in [0.2, 0.25) is 0 Å². The average molecular weight is 274 g/mol. The number of piperidine rings is 1. The van der Waals surface area contributed by atoms with E-state index in [0.717, 1.165) is 12.5 Å². The number of ether oxygens (including phenoxy) is 1. The standard InChI is InChI=1S/C7H14O.C6H13N.2C2H6/c1-7-5-3-2-4-6-8-7;1-6-3-2-4-7-5-6;2*1-2/h7H,2-6H2,1H3;6-7H,2-5H2,1H3;2*1-2H3. The molecule has 2 aliphatic rings. The second kappa shape index (κ2) is 17.9. The van der Waals surface area contributed by atoms with E-state index in [9.17, 15) is 0 Å². The van der Waals surface area contributed by atoms with Crippen molar-refractivity contribution in [3.05, 3.63) is 0 Å². The Kier molecular flexibility index (Phi) is 20.0. The van der Waals surface area contributed by atoms with Gasteiger partial charge in [-0.1, -0.05) is 47.5 Å². The topological polar surface area (TPSA) is 21.3 Å². The van der Waals surface area contributed by atoms with Crippen molar-refractivity contribution in [1.29, 1.82) is 0 Å². The molecule has 0 spiro atoms. The third-order valence-corrected chi connectivity index (χ3v) is 3.20. The van der Waals surface area contributed by atoms with Gasteiger partial charge in [-0.3, -0.25) is 0 Å². The molecule has 2 fully saturated rings. The van der Waals surface area contributed by atoms with Crippen LogP contribution in [0.3, 0.4) is 0 Å². The molecule has 2 unspecified atom stereocenters. The van der Waals surface area contributed by atoms with Crippen LogP contribution in [0.5, 0.6) is 0 Å². The lowest BCUT2D eigenvalue weighted by atomic mass is 10.0. The summed E-state index contributed by atoms with van der Waals surface area (Å²) in [5.74, 6) is 0.925. The van der Waals surface area contributed by atoms with Crippen molar-refractivity contribution >= 4 is 0 Å². The number of nitrogens with one attached hydrogen (secondary N) is 1. The van der Waals surface area contributed by atoms with E-state index in [1.165, 1.54) is 51.6 Å². The van der Waals surface area contributed by atoms with Crippen LogP contribution in [0.2, 0.25) is 0 Å². The fourth-order valence-corrected chi connectivity index (χ4v) is 2.10. The van der Waals surface area contributed by atoms with Crippen LogP contribution >= 0.6 is 0 Å². The van der Waals surface area contributed by atoms with Crippen LogP contribution in [0.25, 0.3) is 0 Å². The van der Waals surface area contributed by atoms with Gasteiger partial charge in [0.15, 0.2) is 0 Å². The second-order valence-electron chi connectivity index (χ2n) is 4.98. The SMILES string of the molecule is CC.CC.CC1CCCCCO1.CC1CCCNC1. The third kappa shape index (κ3) is 15.9. The second-order valence-corrected chi connectivity index (χ2v) is 4.98. The fourth-order valence-electron chi connectivity index (χ4n) is 2.10.